The van der Waals surface area contributed by atoms with E-state index in [0.717, 1.165) is 10.0 Å². The van der Waals surface area contributed by atoms with Crippen LogP contribution in [0.25, 0.3) is 0 Å². The van der Waals surface area contributed by atoms with Crippen LogP contribution in [-0.2, 0) is 10.0 Å². The van der Waals surface area contributed by atoms with Gasteiger partial charge in [0.2, 0.25) is 0 Å². The van der Waals surface area contributed by atoms with Crippen LogP contribution in [-0.4, -0.2) is 27.3 Å². The number of benzene rings is 2. The number of ether oxygens (including phenoxy) is 2. The minimum Gasteiger partial charge on any atom is -0.494 e. The molecule has 2 rings (SSSR count). The topological polar surface area (TPSA) is 77.0 Å². The summed E-state index contributed by atoms with van der Waals surface area (Å²) in [6.45, 7) is 6.26. The Kier molecular flexibility index (Phi) is 7.05. The van der Waals surface area contributed by atoms with Crippen molar-refractivity contribution >= 4 is 32.2 Å². The summed E-state index contributed by atoms with van der Waals surface area (Å²) in [5.41, 5.74) is 0.724. The van der Waals surface area contributed by atoms with Crippen molar-refractivity contribution in [2.75, 3.05) is 6.61 Å². The highest BCUT2D eigenvalue weighted by Crippen LogP contribution is 2.26. The molecule has 0 aliphatic carbocycles. The van der Waals surface area contributed by atoms with Crippen molar-refractivity contribution in [2.24, 2.45) is 5.10 Å². The van der Waals surface area contributed by atoms with Crippen molar-refractivity contribution in [2.45, 2.75) is 31.8 Å². The Hall–Kier alpha value is -2.06. The van der Waals surface area contributed by atoms with Gasteiger partial charge in [-0.1, -0.05) is 0 Å². The first kappa shape index (κ1) is 20.3. The third kappa shape index (κ3) is 5.74. The Bertz CT molecular complexity index is 865. The SMILES string of the molecule is CCOc1ccc(S(=O)(=O)N/N=C/c2ccc(OC(C)C)c(Br)c2)cc1. The molecular weight excluding hydrogens is 420 g/mol. The van der Waals surface area contributed by atoms with Crippen molar-refractivity contribution in [1.82, 2.24) is 4.83 Å². The predicted molar refractivity (Wildman–Crippen MR) is 105 cm³/mol. The first-order chi connectivity index (χ1) is 12.3. The zero-order valence-corrected chi connectivity index (χ0v) is 17.2. The summed E-state index contributed by atoms with van der Waals surface area (Å²) in [6, 6.07) is 11.5. The molecule has 0 aromatic heterocycles. The number of hydrogen-bond donors (Lipinski definition) is 1. The van der Waals surface area contributed by atoms with Crippen molar-refractivity contribution in [3.63, 3.8) is 0 Å². The molecule has 0 atom stereocenters. The van der Waals surface area contributed by atoms with E-state index in [1.54, 1.807) is 30.3 Å². The summed E-state index contributed by atoms with van der Waals surface area (Å²) in [5, 5.41) is 3.82. The monoisotopic (exact) mass is 440 g/mol. The second-order valence-corrected chi connectivity index (χ2v) is 8.13. The molecule has 0 heterocycles. The number of nitrogens with zero attached hydrogens (tertiary/aromatic N) is 1. The minimum absolute atomic E-state index is 0.0618. The first-order valence-electron chi connectivity index (χ1n) is 8.05. The number of rotatable bonds is 8. The van der Waals surface area contributed by atoms with E-state index in [1.807, 2.05) is 20.8 Å². The summed E-state index contributed by atoms with van der Waals surface area (Å²) >= 11 is 3.43. The number of nitrogens with one attached hydrogen (secondary N) is 1. The number of halogens is 1. The van der Waals surface area contributed by atoms with Crippen molar-refractivity contribution in [1.29, 1.82) is 0 Å². The van der Waals surface area contributed by atoms with Crippen LogP contribution in [0.2, 0.25) is 0 Å². The maximum atomic E-state index is 12.2. The van der Waals surface area contributed by atoms with E-state index in [0.29, 0.717) is 18.1 Å². The van der Waals surface area contributed by atoms with Crippen molar-refractivity contribution in [3.05, 3.63) is 52.5 Å². The Balaban J connectivity index is 2.05. The van der Waals surface area contributed by atoms with E-state index >= 15 is 0 Å². The fourth-order valence-corrected chi connectivity index (χ4v) is 3.33. The van der Waals surface area contributed by atoms with E-state index in [9.17, 15) is 8.42 Å². The summed E-state index contributed by atoms with van der Waals surface area (Å²) in [6.07, 6.45) is 1.49. The molecule has 0 radical (unpaired) electrons. The highest BCUT2D eigenvalue weighted by Gasteiger charge is 2.12. The summed E-state index contributed by atoms with van der Waals surface area (Å²) in [7, 11) is -3.74. The van der Waals surface area contributed by atoms with Crippen molar-refractivity contribution < 1.29 is 17.9 Å². The molecule has 0 aliphatic heterocycles. The van der Waals surface area contributed by atoms with Gasteiger partial charge in [0.25, 0.3) is 10.0 Å². The molecule has 0 saturated heterocycles. The maximum Gasteiger partial charge on any atom is 0.276 e. The van der Waals surface area contributed by atoms with Crippen molar-refractivity contribution in [3.8, 4) is 11.5 Å². The van der Waals surface area contributed by atoms with E-state index in [4.69, 9.17) is 9.47 Å². The molecule has 8 heteroatoms. The molecule has 0 saturated carbocycles. The smallest absolute Gasteiger partial charge is 0.276 e. The number of sulfonamides is 1. The molecule has 0 fully saturated rings. The molecule has 2 aromatic carbocycles. The fourth-order valence-electron chi connectivity index (χ4n) is 2.05. The normalized spacial score (nSPS) is 11.7. The van der Waals surface area contributed by atoms with Crippen LogP contribution in [0.1, 0.15) is 26.3 Å². The molecule has 0 aliphatic rings. The van der Waals surface area contributed by atoms with Gasteiger partial charge in [-0.3, -0.25) is 0 Å². The average molecular weight is 441 g/mol. The largest absolute Gasteiger partial charge is 0.494 e. The fraction of sp³-hybridized carbons (Fsp3) is 0.278. The molecule has 2 aromatic rings. The zero-order chi connectivity index (χ0) is 19.2. The summed E-state index contributed by atoms with van der Waals surface area (Å²) < 4.78 is 36.2. The molecular formula is C18H21BrN2O4S. The maximum absolute atomic E-state index is 12.2. The summed E-state index contributed by atoms with van der Waals surface area (Å²) in [5.74, 6) is 1.33. The van der Waals surface area contributed by atoms with Crippen LogP contribution in [0.15, 0.2) is 56.9 Å². The minimum atomic E-state index is -3.74. The van der Waals surface area contributed by atoms with Crippen LogP contribution in [0, 0.1) is 0 Å². The Labute approximate surface area is 162 Å². The van der Waals surface area contributed by atoms with Gasteiger partial charge in [0.1, 0.15) is 11.5 Å². The predicted octanol–water partition coefficient (Wildman–Crippen LogP) is 3.95. The van der Waals surface area contributed by atoms with Gasteiger partial charge in [-0.2, -0.15) is 13.5 Å². The van der Waals surface area contributed by atoms with E-state index < -0.39 is 10.0 Å². The average Bonchev–Trinajstić information content (AvgIpc) is 2.58. The quantitative estimate of drug-likeness (QED) is 0.497. The molecule has 1 N–H and O–H groups in total. The Morgan fingerprint density at radius 3 is 2.46 bits per heavy atom. The van der Waals surface area contributed by atoms with E-state index in [-0.39, 0.29) is 11.0 Å². The van der Waals surface area contributed by atoms with Gasteiger partial charge < -0.3 is 9.47 Å². The lowest BCUT2D eigenvalue weighted by Crippen LogP contribution is -2.18. The third-order valence-corrected chi connectivity index (χ3v) is 5.01. The first-order valence-corrected chi connectivity index (χ1v) is 10.3. The van der Waals surface area contributed by atoms with Gasteiger partial charge >= 0.3 is 0 Å². The molecule has 26 heavy (non-hydrogen) atoms. The van der Waals surface area contributed by atoms with Gasteiger partial charge in [0.05, 0.1) is 28.3 Å². The standard InChI is InChI=1S/C18H21BrN2O4S/c1-4-24-15-6-8-16(9-7-15)26(22,23)21-20-12-14-5-10-18(17(19)11-14)25-13(2)3/h5-13,21H,4H2,1-3H3/b20-12+. The lowest BCUT2D eigenvalue weighted by Gasteiger charge is -2.11. The third-order valence-electron chi connectivity index (χ3n) is 3.15. The summed E-state index contributed by atoms with van der Waals surface area (Å²) in [4.78, 5) is 2.31. The number of hydrazone groups is 1. The highest BCUT2D eigenvalue weighted by atomic mass is 79.9. The van der Waals surface area contributed by atoms with Crippen LogP contribution >= 0.6 is 15.9 Å². The van der Waals surface area contributed by atoms with Gasteiger partial charge in [-0.15, -0.1) is 0 Å². The highest BCUT2D eigenvalue weighted by molar-refractivity contribution is 9.10. The molecule has 0 bridgehead atoms. The molecule has 0 spiro atoms. The lowest BCUT2D eigenvalue weighted by molar-refractivity contribution is 0.241. The Morgan fingerprint density at radius 2 is 1.88 bits per heavy atom. The molecule has 0 unspecified atom stereocenters. The zero-order valence-electron chi connectivity index (χ0n) is 14.8. The molecule has 140 valence electrons. The van der Waals surface area contributed by atoms with Crippen LogP contribution in [0.3, 0.4) is 0 Å². The van der Waals surface area contributed by atoms with Gasteiger partial charge in [0.15, 0.2) is 0 Å². The second-order valence-electron chi connectivity index (χ2n) is 5.61. The van der Waals surface area contributed by atoms with Gasteiger partial charge in [-0.05, 0) is 84.7 Å². The molecule has 6 nitrogen and oxygen atoms in total. The van der Waals surface area contributed by atoms with Crippen LogP contribution in [0.5, 0.6) is 11.5 Å². The van der Waals surface area contributed by atoms with Gasteiger partial charge in [-0.25, -0.2) is 4.83 Å². The van der Waals surface area contributed by atoms with E-state index in [1.165, 1.54) is 18.3 Å². The Morgan fingerprint density at radius 1 is 1.19 bits per heavy atom. The van der Waals surface area contributed by atoms with Crippen LogP contribution in [0.4, 0.5) is 0 Å². The second kappa shape index (κ2) is 9.05. The van der Waals surface area contributed by atoms with Gasteiger partial charge in [0, 0.05) is 0 Å². The lowest BCUT2D eigenvalue weighted by atomic mass is 10.2. The van der Waals surface area contributed by atoms with E-state index in [2.05, 4.69) is 25.9 Å². The number of hydrogen-bond acceptors (Lipinski definition) is 5. The molecule has 0 amide bonds. The van der Waals surface area contributed by atoms with Crippen LogP contribution < -0.4 is 14.3 Å².